The third-order valence-corrected chi connectivity index (χ3v) is 8.39. The van der Waals surface area contributed by atoms with Gasteiger partial charge in [0.25, 0.3) is 0 Å². The summed E-state index contributed by atoms with van der Waals surface area (Å²) in [5, 5.41) is 53.0. The number of nitrogens with two attached hydrogens (primary N) is 5. The minimum atomic E-state index is -1.87. The first kappa shape index (κ1) is 54.5. The Morgan fingerprint density at radius 1 is 0.525 bits per heavy atom. The normalized spacial score (nSPS) is 14.6. The highest BCUT2D eigenvalue weighted by molar-refractivity contribution is 7.80. The summed E-state index contributed by atoms with van der Waals surface area (Å²) in [5.41, 5.74) is 27.0. The second-order valence-corrected chi connectivity index (χ2v) is 13.5. The number of amides is 7. The monoisotopic (exact) mass is 892 g/mol. The van der Waals surface area contributed by atoms with E-state index in [1.165, 1.54) is 6.92 Å². The van der Waals surface area contributed by atoms with Crippen LogP contribution in [0.1, 0.15) is 52.4 Å². The van der Waals surface area contributed by atoms with Gasteiger partial charge in [-0.15, -0.1) is 0 Å². The summed E-state index contributed by atoms with van der Waals surface area (Å²) in [6.45, 7) is 1.34. The Labute approximate surface area is 353 Å². The van der Waals surface area contributed by atoms with Crippen LogP contribution in [0, 0.1) is 0 Å². The van der Waals surface area contributed by atoms with Gasteiger partial charge in [-0.1, -0.05) is 0 Å². The Morgan fingerprint density at radius 2 is 0.885 bits per heavy atom. The number of nitrogens with one attached hydrogen (secondary N) is 7. The third kappa shape index (κ3) is 22.5. The van der Waals surface area contributed by atoms with E-state index in [0.29, 0.717) is 6.42 Å². The average Bonchev–Trinajstić information content (AvgIpc) is 3.16. The lowest BCUT2D eigenvalue weighted by Gasteiger charge is -2.26. The molecule has 344 valence electrons. The molecule has 0 aliphatic carbocycles. The van der Waals surface area contributed by atoms with E-state index < -0.39 is 127 Å². The van der Waals surface area contributed by atoms with Crippen molar-refractivity contribution in [3.63, 3.8) is 0 Å². The minimum Gasteiger partial charge on any atom is -0.481 e. The summed E-state index contributed by atoms with van der Waals surface area (Å²) in [6, 6.07) is -12.6. The number of aliphatic imine (C=N–C) groups is 2. The minimum absolute atomic E-state index is 0.0219. The van der Waals surface area contributed by atoms with E-state index in [1.54, 1.807) is 0 Å². The van der Waals surface area contributed by atoms with Crippen molar-refractivity contribution in [2.75, 3.05) is 25.4 Å². The van der Waals surface area contributed by atoms with Crippen molar-refractivity contribution < 1.29 is 68.4 Å². The van der Waals surface area contributed by atoms with Gasteiger partial charge in [-0.05, 0) is 39.5 Å². The van der Waals surface area contributed by atoms with Crippen LogP contribution in [0.15, 0.2) is 9.98 Å². The number of hydrogen-bond acceptors (Lipinski definition) is 15. The van der Waals surface area contributed by atoms with Gasteiger partial charge in [-0.3, -0.25) is 53.1 Å². The van der Waals surface area contributed by atoms with Crippen LogP contribution in [0.25, 0.3) is 0 Å². The summed E-state index contributed by atoms with van der Waals surface area (Å²) >= 11 is 3.80. The highest BCUT2D eigenvalue weighted by atomic mass is 32.1. The smallest absolute Gasteiger partial charge is 0.327 e. The molecule has 0 aliphatic heterocycles. The second kappa shape index (κ2) is 28.1. The van der Waals surface area contributed by atoms with Crippen LogP contribution >= 0.6 is 12.6 Å². The number of aliphatic hydroxyl groups excluding tert-OH is 1. The number of guanidine groups is 2. The number of nitrogens with zero attached hydrogens (tertiary/aromatic N) is 2. The fraction of sp³-hybridized carbons (Fsp3) is 0.625. The van der Waals surface area contributed by atoms with Crippen LogP contribution in [-0.2, 0) is 47.9 Å². The number of hydrogen-bond donors (Lipinski definition) is 17. The molecule has 0 aromatic carbocycles. The van der Waals surface area contributed by atoms with Gasteiger partial charge < -0.3 is 86.3 Å². The third-order valence-electron chi connectivity index (χ3n) is 8.02. The topological polar surface area (TPSA) is 491 Å². The maximum Gasteiger partial charge on any atom is 0.327 e. The number of carboxylic acid groups (broad SMARTS) is 3. The van der Waals surface area contributed by atoms with Crippen molar-refractivity contribution in [1.29, 1.82) is 0 Å². The molecule has 0 saturated heterocycles. The molecule has 8 atom stereocenters. The molecule has 0 spiro atoms. The SMILES string of the molecule is C[C@H](NC(=O)[C@H](CCCN=C(N)N)NC(=O)[C@H](CO)NC(=O)[C@H](CC(=O)O)NC(=O)[C@H](C)NC(=O)[C@@H](N)CCCN=C(N)N)C(=O)N[C@@H](CC(=O)O)C(=O)N[C@@H](CS)C(=O)O. The molecule has 0 aliphatic rings. The Kier molecular flexibility index (Phi) is 25.1. The molecule has 0 heterocycles. The van der Waals surface area contributed by atoms with Crippen LogP contribution in [0.4, 0.5) is 0 Å². The fourth-order valence-electron chi connectivity index (χ4n) is 4.75. The zero-order valence-corrected chi connectivity index (χ0v) is 34.2. The molecule has 0 aromatic heterocycles. The highest BCUT2D eigenvalue weighted by Crippen LogP contribution is 2.04. The van der Waals surface area contributed by atoms with E-state index in [2.05, 4.69) is 54.5 Å². The molecule has 61 heavy (non-hydrogen) atoms. The van der Waals surface area contributed by atoms with Crippen molar-refractivity contribution in [2.24, 2.45) is 38.7 Å². The molecule has 0 unspecified atom stereocenters. The van der Waals surface area contributed by atoms with Crippen molar-refractivity contribution >= 4 is 83.8 Å². The van der Waals surface area contributed by atoms with Crippen molar-refractivity contribution in [1.82, 2.24) is 37.2 Å². The Bertz CT molecular complexity index is 1640. The number of carbonyl (C=O) groups excluding carboxylic acids is 7. The molecule has 21 N–H and O–H groups in total. The number of aliphatic carboxylic acids is 3. The molecule has 0 aromatic rings. The van der Waals surface area contributed by atoms with Crippen molar-refractivity contribution in [3.05, 3.63) is 0 Å². The molecule has 0 saturated carbocycles. The maximum atomic E-state index is 13.4. The van der Waals surface area contributed by atoms with Gasteiger partial charge in [-0.2, -0.15) is 12.6 Å². The quantitative estimate of drug-likeness (QED) is 0.0143. The van der Waals surface area contributed by atoms with Crippen LogP contribution in [0.2, 0.25) is 0 Å². The molecule has 0 rings (SSSR count). The maximum absolute atomic E-state index is 13.4. The van der Waals surface area contributed by atoms with Crippen molar-refractivity contribution in [3.8, 4) is 0 Å². The fourth-order valence-corrected chi connectivity index (χ4v) is 4.99. The zero-order valence-electron chi connectivity index (χ0n) is 33.3. The van der Waals surface area contributed by atoms with E-state index >= 15 is 0 Å². The average molecular weight is 893 g/mol. The Morgan fingerprint density at radius 3 is 1.28 bits per heavy atom. The molecular weight excluding hydrogens is 837 g/mol. The number of carboxylic acids is 3. The predicted molar refractivity (Wildman–Crippen MR) is 216 cm³/mol. The van der Waals surface area contributed by atoms with Gasteiger partial charge >= 0.3 is 17.9 Å². The number of thiol groups is 1. The Balaban J connectivity index is 5.96. The van der Waals surface area contributed by atoms with E-state index in [0.717, 1.165) is 6.92 Å². The summed E-state index contributed by atoms with van der Waals surface area (Å²) in [6.07, 6.45) is -1.78. The summed E-state index contributed by atoms with van der Waals surface area (Å²) in [5.74, 6) is -13.1. The first-order valence-corrected chi connectivity index (χ1v) is 18.9. The standard InChI is InChI=1S/C32H56N14O14S/c1-13(40-25(54)15(33)5-3-7-38-31(34)35)23(52)43-17(9-21(48)49)27(56)45-19(11-47)29(58)42-16(6-4-8-39-32(36)37)26(55)41-14(2)24(53)44-18(10-22(50)51)28(57)46-20(12-61)30(59)60/h13-20,47,61H,3-12,33H2,1-2H3,(H,40,54)(H,41,55)(H,42,58)(H,43,52)(H,44,53)(H,45,56)(H,46,57)(H,48,49)(H,50,51)(H,59,60)(H4,34,35,38)(H4,36,37,39)/t13-,14-,15-,16-,17-,18-,19-,20-/m0/s1. The van der Waals surface area contributed by atoms with Gasteiger partial charge in [0.2, 0.25) is 41.4 Å². The van der Waals surface area contributed by atoms with E-state index in [4.69, 9.17) is 28.7 Å². The first-order valence-electron chi connectivity index (χ1n) is 18.3. The lowest BCUT2D eigenvalue weighted by atomic mass is 10.1. The molecule has 7 amide bonds. The molecule has 0 fully saturated rings. The summed E-state index contributed by atoms with van der Waals surface area (Å²) < 4.78 is 0. The summed E-state index contributed by atoms with van der Waals surface area (Å²) in [7, 11) is 0. The molecule has 29 heteroatoms. The molecule has 0 radical (unpaired) electrons. The number of rotatable bonds is 29. The lowest BCUT2D eigenvalue weighted by Crippen LogP contribution is -2.60. The van der Waals surface area contributed by atoms with E-state index in [1.807, 2.05) is 5.32 Å². The first-order chi connectivity index (χ1) is 28.4. The van der Waals surface area contributed by atoms with Gasteiger partial charge in [0.15, 0.2) is 11.9 Å². The number of carbonyl (C=O) groups is 10. The van der Waals surface area contributed by atoms with Crippen LogP contribution < -0.4 is 65.9 Å². The summed E-state index contributed by atoms with van der Waals surface area (Å²) in [4.78, 5) is 133. The van der Waals surface area contributed by atoms with Gasteiger partial charge in [0.05, 0.1) is 25.5 Å². The molecular formula is C32H56N14O14S. The second-order valence-electron chi connectivity index (χ2n) is 13.2. The van der Waals surface area contributed by atoms with Gasteiger partial charge in [0.1, 0.15) is 42.3 Å². The highest BCUT2D eigenvalue weighted by Gasteiger charge is 2.34. The van der Waals surface area contributed by atoms with Crippen LogP contribution in [0.5, 0.6) is 0 Å². The zero-order chi connectivity index (χ0) is 47.0. The lowest BCUT2D eigenvalue weighted by molar-refractivity contribution is -0.143. The van der Waals surface area contributed by atoms with Crippen LogP contribution in [0.3, 0.4) is 0 Å². The molecule has 28 nitrogen and oxygen atoms in total. The largest absolute Gasteiger partial charge is 0.481 e. The van der Waals surface area contributed by atoms with Crippen LogP contribution in [-0.4, -0.2) is 165 Å². The van der Waals surface area contributed by atoms with E-state index in [-0.39, 0.29) is 50.0 Å². The van der Waals surface area contributed by atoms with Gasteiger partial charge in [0, 0.05) is 18.8 Å². The molecule has 0 bridgehead atoms. The van der Waals surface area contributed by atoms with Crippen molar-refractivity contribution in [2.45, 2.75) is 101 Å². The predicted octanol–water partition coefficient (Wildman–Crippen LogP) is -8.19. The van der Waals surface area contributed by atoms with E-state index in [9.17, 15) is 68.4 Å². The number of aliphatic hydroxyl groups is 1. The Hall–Kier alpha value is -6.49. The van der Waals surface area contributed by atoms with Gasteiger partial charge in [-0.25, -0.2) is 4.79 Å².